The fourth-order valence-corrected chi connectivity index (χ4v) is 3.33. The molecule has 3 rings (SSSR count). The van der Waals surface area contributed by atoms with Gasteiger partial charge in [0.05, 0.1) is 6.61 Å². The summed E-state index contributed by atoms with van der Waals surface area (Å²) in [4.78, 5) is 29.0. The van der Waals surface area contributed by atoms with Gasteiger partial charge in [0.25, 0.3) is 5.91 Å². The van der Waals surface area contributed by atoms with Gasteiger partial charge in [-0.1, -0.05) is 22.0 Å². The van der Waals surface area contributed by atoms with Gasteiger partial charge in [-0.2, -0.15) is 0 Å². The second kappa shape index (κ2) is 7.91. The highest BCUT2D eigenvalue weighted by Gasteiger charge is 2.35. The van der Waals surface area contributed by atoms with Gasteiger partial charge >= 0.3 is 0 Å². The number of anilines is 1. The van der Waals surface area contributed by atoms with Gasteiger partial charge in [-0.25, -0.2) is 0 Å². The number of halogens is 1. The average molecular weight is 417 g/mol. The van der Waals surface area contributed by atoms with E-state index in [0.29, 0.717) is 25.3 Å². The van der Waals surface area contributed by atoms with E-state index in [1.807, 2.05) is 43.3 Å². The molecule has 1 fully saturated rings. The lowest BCUT2D eigenvalue weighted by Crippen LogP contribution is -2.57. The molecular weight excluding hydrogens is 396 g/mol. The van der Waals surface area contributed by atoms with Crippen molar-refractivity contribution >= 4 is 33.4 Å². The van der Waals surface area contributed by atoms with Gasteiger partial charge < -0.3 is 14.5 Å². The summed E-state index contributed by atoms with van der Waals surface area (Å²) in [5, 5.41) is 0. The summed E-state index contributed by atoms with van der Waals surface area (Å²) in [6, 6.07) is 14.2. The fraction of sp³-hybridized carbons (Fsp3) is 0.300. The number of amides is 2. The van der Waals surface area contributed by atoms with Crippen LogP contribution in [0.4, 0.5) is 5.69 Å². The summed E-state index contributed by atoms with van der Waals surface area (Å²) in [5.41, 5.74) is 1.38. The molecule has 26 heavy (non-hydrogen) atoms. The lowest BCUT2D eigenvalue weighted by Gasteiger charge is -2.39. The van der Waals surface area contributed by atoms with Crippen molar-refractivity contribution in [2.75, 3.05) is 24.6 Å². The molecular formula is C20H21BrN2O3. The van der Waals surface area contributed by atoms with Crippen molar-refractivity contribution in [1.29, 1.82) is 0 Å². The number of piperazine rings is 1. The molecule has 1 aliphatic heterocycles. The van der Waals surface area contributed by atoms with E-state index in [9.17, 15) is 9.59 Å². The predicted octanol–water partition coefficient (Wildman–Crippen LogP) is 3.73. The van der Waals surface area contributed by atoms with E-state index in [2.05, 4.69) is 15.9 Å². The first kappa shape index (κ1) is 18.5. The summed E-state index contributed by atoms with van der Waals surface area (Å²) in [6.07, 6.45) is 0. The Morgan fingerprint density at radius 3 is 2.62 bits per heavy atom. The third-order valence-corrected chi connectivity index (χ3v) is 4.98. The molecule has 1 saturated heterocycles. The van der Waals surface area contributed by atoms with E-state index in [1.54, 1.807) is 28.9 Å². The molecule has 5 nitrogen and oxygen atoms in total. The molecule has 0 spiro atoms. The van der Waals surface area contributed by atoms with Crippen molar-refractivity contribution in [2.24, 2.45) is 0 Å². The molecule has 1 atom stereocenters. The van der Waals surface area contributed by atoms with Gasteiger partial charge in [0.1, 0.15) is 11.8 Å². The zero-order chi connectivity index (χ0) is 18.7. The minimum atomic E-state index is -0.518. The maximum absolute atomic E-state index is 12.9. The van der Waals surface area contributed by atoms with Crippen molar-refractivity contribution in [3.05, 3.63) is 58.6 Å². The lowest BCUT2D eigenvalue weighted by atomic mass is 10.1. The van der Waals surface area contributed by atoms with Gasteiger partial charge in [0, 0.05) is 34.9 Å². The molecule has 1 unspecified atom stereocenters. The summed E-state index contributed by atoms with van der Waals surface area (Å²) in [6.45, 7) is 5.22. The molecule has 6 heteroatoms. The van der Waals surface area contributed by atoms with Crippen LogP contribution in [-0.2, 0) is 4.79 Å². The van der Waals surface area contributed by atoms with E-state index in [1.165, 1.54) is 0 Å². The van der Waals surface area contributed by atoms with Crippen LogP contribution in [0.3, 0.4) is 0 Å². The Morgan fingerprint density at radius 2 is 1.92 bits per heavy atom. The second-order valence-electron chi connectivity index (χ2n) is 6.10. The van der Waals surface area contributed by atoms with Crippen molar-refractivity contribution in [2.45, 2.75) is 19.9 Å². The van der Waals surface area contributed by atoms with Crippen molar-refractivity contribution in [3.63, 3.8) is 0 Å². The van der Waals surface area contributed by atoms with Crippen LogP contribution in [0.15, 0.2) is 53.0 Å². The van der Waals surface area contributed by atoms with Crippen molar-refractivity contribution in [3.8, 4) is 5.75 Å². The van der Waals surface area contributed by atoms with Gasteiger partial charge in [-0.3, -0.25) is 9.59 Å². The number of carbonyl (C=O) groups is 2. The molecule has 136 valence electrons. The van der Waals surface area contributed by atoms with Gasteiger partial charge in [0.2, 0.25) is 5.91 Å². The summed E-state index contributed by atoms with van der Waals surface area (Å²) in [5.74, 6) is 0.523. The molecule has 0 aromatic heterocycles. The minimum absolute atomic E-state index is 0.0876. The lowest BCUT2D eigenvalue weighted by molar-refractivity contribution is -0.124. The van der Waals surface area contributed by atoms with Crippen LogP contribution < -0.4 is 9.64 Å². The van der Waals surface area contributed by atoms with Crippen LogP contribution in [0.5, 0.6) is 5.75 Å². The third-order valence-electron chi connectivity index (χ3n) is 4.45. The molecule has 1 aliphatic rings. The molecule has 0 bridgehead atoms. The molecule has 0 saturated carbocycles. The second-order valence-corrected chi connectivity index (χ2v) is 7.02. The molecule has 2 aromatic rings. The first-order chi connectivity index (χ1) is 12.5. The van der Waals surface area contributed by atoms with Crippen LogP contribution in [0.2, 0.25) is 0 Å². The summed E-state index contributed by atoms with van der Waals surface area (Å²) >= 11 is 3.37. The van der Waals surface area contributed by atoms with Crippen LogP contribution in [0.1, 0.15) is 24.2 Å². The Kier molecular flexibility index (Phi) is 5.61. The normalized spacial score (nSPS) is 17.3. The number of ether oxygens (including phenoxy) is 1. The topological polar surface area (TPSA) is 49.9 Å². The predicted molar refractivity (Wildman–Crippen MR) is 105 cm³/mol. The minimum Gasteiger partial charge on any atom is -0.494 e. The molecule has 2 aromatic carbocycles. The van der Waals surface area contributed by atoms with Crippen LogP contribution in [0, 0.1) is 0 Å². The van der Waals surface area contributed by atoms with E-state index < -0.39 is 6.04 Å². The summed E-state index contributed by atoms with van der Waals surface area (Å²) in [7, 11) is 0. The molecule has 0 aliphatic carbocycles. The Bertz CT molecular complexity index is 807. The van der Waals surface area contributed by atoms with Gasteiger partial charge in [-0.15, -0.1) is 0 Å². The van der Waals surface area contributed by atoms with E-state index in [-0.39, 0.29) is 11.8 Å². The van der Waals surface area contributed by atoms with Crippen molar-refractivity contribution in [1.82, 2.24) is 4.90 Å². The summed E-state index contributed by atoms with van der Waals surface area (Å²) < 4.78 is 6.43. The highest BCUT2D eigenvalue weighted by molar-refractivity contribution is 9.10. The Labute approximate surface area is 161 Å². The molecule has 1 heterocycles. The number of benzene rings is 2. The largest absolute Gasteiger partial charge is 0.494 e. The standard InChI is InChI=1S/C20H21BrN2O3/c1-3-26-18-6-4-5-17(13-18)23-12-11-22(14(2)19(23)24)20(25)15-7-9-16(21)10-8-15/h4-10,13-14H,3,11-12H2,1-2H3. The SMILES string of the molecule is CCOc1cccc(N2CCN(C(=O)c3ccc(Br)cc3)C(C)C2=O)c1. The number of hydrogen-bond acceptors (Lipinski definition) is 3. The van der Waals surface area contributed by atoms with E-state index in [0.717, 1.165) is 15.9 Å². The highest BCUT2D eigenvalue weighted by Crippen LogP contribution is 2.25. The molecule has 0 radical (unpaired) electrons. The molecule has 2 amide bonds. The van der Waals surface area contributed by atoms with Gasteiger partial charge in [-0.05, 0) is 50.2 Å². The Hall–Kier alpha value is -2.34. The zero-order valence-corrected chi connectivity index (χ0v) is 16.4. The Balaban J connectivity index is 1.77. The number of carbonyl (C=O) groups excluding carboxylic acids is 2. The third kappa shape index (κ3) is 3.75. The fourth-order valence-electron chi connectivity index (χ4n) is 3.07. The van der Waals surface area contributed by atoms with Crippen LogP contribution in [0.25, 0.3) is 0 Å². The Morgan fingerprint density at radius 1 is 1.19 bits per heavy atom. The maximum atomic E-state index is 12.9. The monoisotopic (exact) mass is 416 g/mol. The maximum Gasteiger partial charge on any atom is 0.254 e. The van der Waals surface area contributed by atoms with Crippen LogP contribution in [-0.4, -0.2) is 42.5 Å². The van der Waals surface area contributed by atoms with Crippen LogP contribution >= 0.6 is 15.9 Å². The quantitative estimate of drug-likeness (QED) is 0.762. The number of rotatable bonds is 4. The number of hydrogen-bond donors (Lipinski definition) is 0. The first-order valence-corrected chi connectivity index (χ1v) is 9.41. The van der Waals surface area contributed by atoms with E-state index in [4.69, 9.17) is 4.74 Å². The molecule has 0 N–H and O–H groups in total. The van der Waals surface area contributed by atoms with Gasteiger partial charge in [0.15, 0.2) is 0 Å². The zero-order valence-electron chi connectivity index (χ0n) is 14.8. The first-order valence-electron chi connectivity index (χ1n) is 8.62. The number of nitrogens with zero attached hydrogens (tertiary/aromatic N) is 2. The van der Waals surface area contributed by atoms with Crippen molar-refractivity contribution < 1.29 is 14.3 Å². The highest BCUT2D eigenvalue weighted by atomic mass is 79.9. The average Bonchev–Trinajstić information content (AvgIpc) is 2.64. The van der Waals surface area contributed by atoms with E-state index >= 15 is 0 Å². The smallest absolute Gasteiger partial charge is 0.254 e.